The summed E-state index contributed by atoms with van der Waals surface area (Å²) in [4.78, 5) is 15.4. The second-order valence-electron chi connectivity index (χ2n) is 5.53. The molecule has 2 aromatic rings. The minimum absolute atomic E-state index is 0.333. The Morgan fingerprint density at radius 3 is 2.14 bits per heavy atom. The first-order chi connectivity index (χ1) is 10.1. The molecule has 1 aliphatic heterocycles. The molecular formula is C14H21N7. The Labute approximate surface area is 124 Å². The lowest BCUT2D eigenvalue weighted by atomic mass is 10.2. The molecule has 0 unspecified atom stereocenters. The predicted octanol–water partition coefficient (Wildman–Crippen LogP) is 1.64. The lowest BCUT2D eigenvalue weighted by molar-refractivity contribution is 0.726. The van der Waals surface area contributed by atoms with E-state index in [0.29, 0.717) is 17.8 Å². The van der Waals surface area contributed by atoms with Crippen molar-refractivity contribution in [3.63, 3.8) is 0 Å². The molecule has 1 aliphatic rings. The van der Waals surface area contributed by atoms with Crippen LogP contribution in [0.5, 0.6) is 0 Å². The molecule has 0 amide bonds. The van der Waals surface area contributed by atoms with Crippen LogP contribution in [0.25, 0.3) is 5.95 Å². The van der Waals surface area contributed by atoms with E-state index in [0.717, 1.165) is 24.5 Å². The van der Waals surface area contributed by atoms with Gasteiger partial charge in [0.25, 0.3) is 5.95 Å². The molecular weight excluding hydrogens is 266 g/mol. The smallest absolute Gasteiger partial charge is 0.254 e. The molecule has 1 fully saturated rings. The van der Waals surface area contributed by atoms with Crippen LogP contribution in [0.3, 0.4) is 0 Å². The normalized spacial score (nSPS) is 16.0. The summed E-state index contributed by atoms with van der Waals surface area (Å²) in [6, 6.07) is 1.92. The summed E-state index contributed by atoms with van der Waals surface area (Å²) in [5.41, 5.74) is 7.79. The molecule has 7 heteroatoms. The summed E-state index contributed by atoms with van der Waals surface area (Å²) in [6.07, 6.45) is 4.89. The van der Waals surface area contributed by atoms with Gasteiger partial charge in [-0.2, -0.15) is 9.67 Å². The van der Waals surface area contributed by atoms with Crippen molar-refractivity contribution in [2.45, 2.75) is 39.5 Å². The van der Waals surface area contributed by atoms with Crippen molar-refractivity contribution in [2.24, 2.45) is 0 Å². The molecule has 0 atom stereocenters. The van der Waals surface area contributed by atoms with Crippen LogP contribution in [-0.4, -0.2) is 37.8 Å². The first kappa shape index (κ1) is 13.8. The van der Waals surface area contributed by atoms with Gasteiger partial charge in [-0.05, 0) is 32.8 Å². The molecule has 7 nitrogen and oxygen atoms in total. The molecule has 0 radical (unpaired) electrons. The van der Waals surface area contributed by atoms with Gasteiger partial charge in [0.2, 0.25) is 11.9 Å². The van der Waals surface area contributed by atoms with Crippen LogP contribution >= 0.6 is 0 Å². The average Bonchev–Trinajstić information content (AvgIpc) is 2.65. The molecule has 21 heavy (non-hydrogen) atoms. The zero-order valence-electron chi connectivity index (χ0n) is 12.6. The fourth-order valence-electron chi connectivity index (χ4n) is 2.67. The van der Waals surface area contributed by atoms with E-state index in [4.69, 9.17) is 5.73 Å². The molecule has 2 aromatic heterocycles. The second-order valence-corrected chi connectivity index (χ2v) is 5.53. The molecule has 0 spiro atoms. The molecule has 0 bridgehead atoms. The molecule has 112 valence electrons. The summed E-state index contributed by atoms with van der Waals surface area (Å²) in [6.45, 7) is 5.83. The SMILES string of the molecule is Cc1cc(C)nc(-n2nc(N3CCCCCC3)nc2N)n1. The van der Waals surface area contributed by atoms with Crippen molar-refractivity contribution in [1.82, 2.24) is 24.7 Å². The van der Waals surface area contributed by atoms with Gasteiger partial charge in [0.1, 0.15) is 0 Å². The average molecular weight is 287 g/mol. The molecule has 2 N–H and O–H groups in total. The first-order valence-electron chi connectivity index (χ1n) is 7.43. The van der Waals surface area contributed by atoms with Gasteiger partial charge in [-0.1, -0.05) is 12.8 Å². The third-order valence-corrected chi connectivity index (χ3v) is 3.67. The Balaban J connectivity index is 1.93. The minimum Gasteiger partial charge on any atom is -0.368 e. The van der Waals surface area contributed by atoms with E-state index in [-0.39, 0.29) is 0 Å². The Morgan fingerprint density at radius 1 is 0.905 bits per heavy atom. The fraction of sp³-hybridized carbons (Fsp3) is 0.571. The Kier molecular flexibility index (Phi) is 3.72. The monoisotopic (exact) mass is 287 g/mol. The van der Waals surface area contributed by atoms with E-state index in [1.165, 1.54) is 30.4 Å². The fourth-order valence-corrected chi connectivity index (χ4v) is 2.67. The summed E-state index contributed by atoms with van der Waals surface area (Å²) < 4.78 is 1.53. The molecule has 3 heterocycles. The zero-order chi connectivity index (χ0) is 14.8. The number of aromatic nitrogens is 5. The number of nitrogens with zero attached hydrogens (tertiary/aromatic N) is 6. The van der Waals surface area contributed by atoms with Gasteiger partial charge < -0.3 is 10.6 Å². The Bertz CT molecular complexity index is 606. The van der Waals surface area contributed by atoms with Crippen LogP contribution in [0.15, 0.2) is 6.07 Å². The quantitative estimate of drug-likeness (QED) is 0.903. The summed E-state index contributed by atoms with van der Waals surface area (Å²) in [5, 5.41) is 4.51. The van der Waals surface area contributed by atoms with E-state index < -0.39 is 0 Å². The highest BCUT2D eigenvalue weighted by Gasteiger charge is 2.18. The number of rotatable bonds is 2. The van der Waals surface area contributed by atoms with Crippen molar-refractivity contribution in [3.05, 3.63) is 17.5 Å². The Morgan fingerprint density at radius 2 is 1.52 bits per heavy atom. The van der Waals surface area contributed by atoms with Crippen molar-refractivity contribution in [1.29, 1.82) is 0 Å². The number of aryl methyl sites for hydroxylation is 2. The van der Waals surface area contributed by atoms with E-state index in [1.807, 2.05) is 19.9 Å². The second kappa shape index (κ2) is 5.67. The highest BCUT2D eigenvalue weighted by atomic mass is 15.5. The standard InChI is InChI=1S/C14H21N7/c1-10-9-11(2)17-13(16-10)21-12(15)18-14(19-21)20-7-5-3-4-6-8-20/h9H,3-8H2,1-2H3,(H2,15,18,19). The van der Waals surface area contributed by atoms with Crippen LogP contribution in [0.2, 0.25) is 0 Å². The van der Waals surface area contributed by atoms with Crippen molar-refractivity contribution < 1.29 is 0 Å². The van der Waals surface area contributed by atoms with Gasteiger partial charge in [0.15, 0.2) is 0 Å². The van der Waals surface area contributed by atoms with Gasteiger partial charge in [-0.25, -0.2) is 9.97 Å². The first-order valence-corrected chi connectivity index (χ1v) is 7.43. The van der Waals surface area contributed by atoms with E-state index in [9.17, 15) is 0 Å². The Hall–Kier alpha value is -2.18. The number of nitrogen functional groups attached to an aromatic ring is 1. The number of nitrogens with two attached hydrogens (primary N) is 1. The summed E-state index contributed by atoms with van der Waals surface area (Å²) >= 11 is 0. The molecule has 0 saturated carbocycles. The van der Waals surface area contributed by atoms with Crippen LogP contribution in [0.4, 0.5) is 11.9 Å². The number of hydrogen-bond donors (Lipinski definition) is 1. The third-order valence-electron chi connectivity index (χ3n) is 3.67. The van der Waals surface area contributed by atoms with Crippen molar-refractivity contribution in [3.8, 4) is 5.95 Å². The van der Waals surface area contributed by atoms with E-state index >= 15 is 0 Å². The molecule has 0 aliphatic carbocycles. The van der Waals surface area contributed by atoms with E-state index in [2.05, 4.69) is 25.0 Å². The maximum Gasteiger partial charge on any atom is 0.254 e. The van der Waals surface area contributed by atoms with Crippen LogP contribution in [-0.2, 0) is 0 Å². The maximum atomic E-state index is 6.00. The maximum absolute atomic E-state index is 6.00. The summed E-state index contributed by atoms with van der Waals surface area (Å²) in [7, 11) is 0. The third kappa shape index (κ3) is 2.96. The van der Waals surface area contributed by atoms with Crippen LogP contribution in [0.1, 0.15) is 37.1 Å². The zero-order valence-corrected chi connectivity index (χ0v) is 12.6. The van der Waals surface area contributed by atoms with Crippen LogP contribution < -0.4 is 10.6 Å². The van der Waals surface area contributed by atoms with Gasteiger partial charge in [-0.15, -0.1) is 5.10 Å². The lowest BCUT2D eigenvalue weighted by Gasteiger charge is -2.17. The van der Waals surface area contributed by atoms with Gasteiger partial charge in [0, 0.05) is 24.5 Å². The highest BCUT2D eigenvalue weighted by molar-refractivity contribution is 5.39. The van der Waals surface area contributed by atoms with E-state index in [1.54, 1.807) is 0 Å². The van der Waals surface area contributed by atoms with Crippen molar-refractivity contribution in [2.75, 3.05) is 23.7 Å². The number of anilines is 2. The molecule has 3 rings (SSSR count). The lowest BCUT2D eigenvalue weighted by Crippen LogP contribution is -2.25. The topological polar surface area (TPSA) is 85.8 Å². The largest absolute Gasteiger partial charge is 0.368 e. The minimum atomic E-state index is 0.333. The number of hydrogen-bond acceptors (Lipinski definition) is 6. The van der Waals surface area contributed by atoms with Crippen LogP contribution in [0, 0.1) is 13.8 Å². The summed E-state index contributed by atoms with van der Waals surface area (Å²) in [5.74, 6) is 1.50. The predicted molar refractivity (Wildman–Crippen MR) is 81.5 cm³/mol. The van der Waals surface area contributed by atoms with Gasteiger partial charge in [-0.3, -0.25) is 0 Å². The highest BCUT2D eigenvalue weighted by Crippen LogP contribution is 2.18. The van der Waals surface area contributed by atoms with Gasteiger partial charge in [0.05, 0.1) is 0 Å². The molecule has 1 saturated heterocycles. The molecule has 0 aromatic carbocycles. The van der Waals surface area contributed by atoms with Gasteiger partial charge >= 0.3 is 0 Å². The van der Waals surface area contributed by atoms with Crippen molar-refractivity contribution >= 4 is 11.9 Å².